The van der Waals surface area contributed by atoms with Gasteiger partial charge < -0.3 is 9.47 Å². The highest BCUT2D eigenvalue weighted by Gasteiger charge is 2.46. The second kappa shape index (κ2) is 5.01. The van der Waals surface area contributed by atoms with Crippen molar-refractivity contribution in [2.75, 3.05) is 7.11 Å². The molecule has 1 aliphatic carbocycles. The molecule has 1 aliphatic rings. The van der Waals surface area contributed by atoms with Gasteiger partial charge in [0.2, 0.25) is 0 Å². The predicted octanol–water partition coefficient (Wildman–Crippen LogP) is 2.63. The Kier molecular flexibility index (Phi) is 3.96. The topological polar surface area (TPSA) is 59.3 Å². The van der Waals surface area contributed by atoms with Crippen molar-refractivity contribution in [2.45, 2.75) is 44.6 Å². The highest BCUT2D eigenvalue weighted by atomic mass is 16.7. The largest absolute Gasteiger partial charge is 0.508 e. The van der Waals surface area contributed by atoms with Gasteiger partial charge in [-0.15, -0.1) is 0 Å². The molecule has 2 atom stereocenters. The van der Waals surface area contributed by atoms with Gasteiger partial charge in [-0.25, -0.2) is 4.79 Å². The molecule has 0 radical (unpaired) electrons. The average Bonchev–Trinajstić information content (AvgIpc) is 2.61. The minimum atomic E-state index is -0.675. The van der Waals surface area contributed by atoms with Crippen LogP contribution in [0.15, 0.2) is 0 Å². The van der Waals surface area contributed by atoms with E-state index in [-0.39, 0.29) is 5.92 Å². The Labute approximate surface area is 90.2 Å². The summed E-state index contributed by atoms with van der Waals surface area (Å²) in [6.07, 6.45) is 3.48. The zero-order chi connectivity index (χ0) is 11.3. The summed E-state index contributed by atoms with van der Waals surface area (Å²) in [5, 5.41) is 9.03. The zero-order valence-electron chi connectivity index (χ0n) is 9.28. The van der Waals surface area contributed by atoms with Gasteiger partial charge in [0, 0.05) is 0 Å². The molecule has 0 bridgehead atoms. The number of hydrogen-bond acceptors (Lipinski definition) is 4. The van der Waals surface area contributed by atoms with Gasteiger partial charge in [-0.1, -0.05) is 13.3 Å². The van der Waals surface area contributed by atoms with E-state index in [0.29, 0.717) is 0 Å². The smallest absolute Gasteiger partial charge is 0.438 e. The molecular formula is C11H17NO3. The summed E-state index contributed by atoms with van der Waals surface area (Å²) in [7, 11) is 1.29. The lowest BCUT2D eigenvalue weighted by molar-refractivity contribution is -0.0443. The number of carbonyl (C=O) groups is 1. The van der Waals surface area contributed by atoms with Crippen LogP contribution >= 0.6 is 0 Å². The molecule has 0 amide bonds. The Morgan fingerprint density at radius 1 is 1.67 bits per heavy atom. The summed E-state index contributed by atoms with van der Waals surface area (Å²) < 4.78 is 9.81. The number of ether oxygens (including phenoxy) is 2. The van der Waals surface area contributed by atoms with Gasteiger partial charge in [0.1, 0.15) is 5.60 Å². The monoisotopic (exact) mass is 211 g/mol. The Morgan fingerprint density at radius 3 is 2.93 bits per heavy atom. The van der Waals surface area contributed by atoms with Crippen molar-refractivity contribution in [1.82, 2.24) is 0 Å². The van der Waals surface area contributed by atoms with Crippen molar-refractivity contribution in [3.8, 4) is 6.07 Å². The molecule has 0 aromatic heterocycles. The van der Waals surface area contributed by atoms with Crippen molar-refractivity contribution in [1.29, 1.82) is 5.26 Å². The molecule has 0 N–H and O–H groups in total. The van der Waals surface area contributed by atoms with Gasteiger partial charge in [-0.2, -0.15) is 5.26 Å². The van der Waals surface area contributed by atoms with Crippen LogP contribution in [-0.2, 0) is 9.47 Å². The normalized spacial score (nSPS) is 29.5. The molecule has 1 fully saturated rings. The van der Waals surface area contributed by atoms with E-state index < -0.39 is 11.8 Å². The van der Waals surface area contributed by atoms with Crippen LogP contribution < -0.4 is 0 Å². The summed E-state index contributed by atoms with van der Waals surface area (Å²) in [5.74, 6) is -0.184. The molecule has 1 rings (SSSR count). The highest BCUT2D eigenvalue weighted by molar-refractivity contribution is 5.60. The molecule has 2 unspecified atom stereocenters. The lowest BCUT2D eigenvalue weighted by Gasteiger charge is -2.30. The number of hydrogen-bond donors (Lipinski definition) is 0. The molecule has 0 aromatic rings. The third-order valence-electron chi connectivity index (χ3n) is 3.01. The van der Waals surface area contributed by atoms with E-state index in [0.717, 1.165) is 32.1 Å². The quantitative estimate of drug-likeness (QED) is 0.673. The van der Waals surface area contributed by atoms with Crippen LogP contribution in [0, 0.1) is 17.2 Å². The van der Waals surface area contributed by atoms with Crippen molar-refractivity contribution in [3.05, 3.63) is 0 Å². The van der Waals surface area contributed by atoms with E-state index in [1.807, 2.05) is 6.92 Å². The van der Waals surface area contributed by atoms with Crippen molar-refractivity contribution >= 4 is 6.16 Å². The van der Waals surface area contributed by atoms with E-state index in [1.54, 1.807) is 0 Å². The van der Waals surface area contributed by atoms with Gasteiger partial charge in [0.15, 0.2) is 0 Å². The van der Waals surface area contributed by atoms with Crippen LogP contribution in [0.2, 0.25) is 0 Å². The first kappa shape index (κ1) is 11.8. The summed E-state index contributed by atoms with van der Waals surface area (Å²) >= 11 is 0. The maximum atomic E-state index is 11.2. The molecule has 0 heterocycles. The SMILES string of the molecule is CCCC1(OC(=O)OC)CCCC1C#N. The minimum absolute atomic E-state index is 0.184. The molecule has 4 heteroatoms. The summed E-state index contributed by atoms with van der Waals surface area (Å²) in [5.41, 5.74) is -0.601. The number of carbonyl (C=O) groups excluding carboxylic acids is 1. The van der Waals surface area contributed by atoms with Crippen molar-refractivity contribution < 1.29 is 14.3 Å². The number of rotatable bonds is 3. The van der Waals surface area contributed by atoms with Crippen LogP contribution in [0.5, 0.6) is 0 Å². The first-order chi connectivity index (χ1) is 7.18. The van der Waals surface area contributed by atoms with Crippen LogP contribution in [0.4, 0.5) is 4.79 Å². The van der Waals surface area contributed by atoms with E-state index in [9.17, 15) is 4.79 Å². The van der Waals surface area contributed by atoms with E-state index in [4.69, 9.17) is 10.00 Å². The van der Waals surface area contributed by atoms with Crippen molar-refractivity contribution in [2.24, 2.45) is 5.92 Å². The van der Waals surface area contributed by atoms with E-state index >= 15 is 0 Å². The van der Waals surface area contributed by atoms with Crippen LogP contribution in [0.1, 0.15) is 39.0 Å². The fraction of sp³-hybridized carbons (Fsp3) is 0.818. The Morgan fingerprint density at radius 2 is 2.40 bits per heavy atom. The average molecular weight is 211 g/mol. The zero-order valence-corrected chi connectivity index (χ0v) is 9.28. The second-order valence-corrected chi connectivity index (χ2v) is 3.94. The number of methoxy groups -OCH3 is 1. The molecule has 4 nitrogen and oxygen atoms in total. The predicted molar refractivity (Wildman–Crippen MR) is 54.1 cm³/mol. The van der Waals surface area contributed by atoms with Gasteiger partial charge >= 0.3 is 6.16 Å². The van der Waals surface area contributed by atoms with Gasteiger partial charge in [0.05, 0.1) is 19.1 Å². The van der Waals surface area contributed by atoms with Gasteiger partial charge in [0.25, 0.3) is 0 Å². The van der Waals surface area contributed by atoms with Crippen LogP contribution in [0.25, 0.3) is 0 Å². The summed E-state index contributed by atoms with van der Waals surface area (Å²) in [6, 6.07) is 2.24. The molecule has 0 aliphatic heterocycles. The highest BCUT2D eigenvalue weighted by Crippen LogP contribution is 2.42. The fourth-order valence-electron chi connectivity index (χ4n) is 2.33. The summed E-state index contributed by atoms with van der Waals surface area (Å²) in [6.45, 7) is 2.02. The number of nitriles is 1. The van der Waals surface area contributed by atoms with E-state index in [1.165, 1.54) is 7.11 Å². The Balaban J connectivity index is 2.78. The fourth-order valence-corrected chi connectivity index (χ4v) is 2.33. The van der Waals surface area contributed by atoms with Gasteiger partial charge in [-0.05, 0) is 25.7 Å². The second-order valence-electron chi connectivity index (χ2n) is 3.94. The molecule has 84 valence electrons. The molecule has 15 heavy (non-hydrogen) atoms. The van der Waals surface area contributed by atoms with Crippen LogP contribution in [-0.4, -0.2) is 18.9 Å². The van der Waals surface area contributed by atoms with Gasteiger partial charge in [-0.3, -0.25) is 0 Å². The molecule has 0 saturated heterocycles. The first-order valence-corrected chi connectivity index (χ1v) is 5.35. The third-order valence-corrected chi connectivity index (χ3v) is 3.01. The molecule has 1 saturated carbocycles. The lowest BCUT2D eigenvalue weighted by atomic mass is 9.87. The summed E-state index contributed by atoms with van der Waals surface area (Å²) in [4.78, 5) is 11.2. The van der Waals surface area contributed by atoms with Crippen molar-refractivity contribution in [3.63, 3.8) is 0 Å². The number of nitrogens with zero attached hydrogens (tertiary/aromatic N) is 1. The standard InChI is InChI=1S/C11H17NO3/c1-3-6-11(15-10(13)14-2)7-4-5-9(11)8-12/h9H,3-7H2,1-2H3. The Bertz CT molecular complexity index is 271. The lowest BCUT2D eigenvalue weighted by Crippen LogP contribution is -2.38. The van der Waals surface area contributed by atoms with E-state index in [2.05, 4.69) is 10.8 Å². The maximum Gasteiger partial charge on any atom is 0.508 e. The molecular weight excluding hydrogens is 194 g/mol. The third kappa shape index (κ3) is 2.41. The minimum Gasteiger partial charge on any atom is -0.438 e. The Hall–Kier alpha value is -1.24. The molecule has 0 spiro atoms. The van der Waals surface area contributed by atoms with Crippen LogP contribution in [0.3, 0.4) is 0 Å². The first-order valence-electron chi connectivity index (χ1n) is 5.35. The molecule has 0 aromatic carbocycles. The maximum absolute atomic E-state index is 11.2.